The van der Waals surface area contributed by atoms with E-state index in [0.29, 0.717) is 34.4 Å². The van der Waals surface area contributed by atoms with Gasteiger partial charge in [-0.3, -0.25) is 0 Å². The van der Waals surface area contributed by atoms with Crippen molar-refractivity contribution in [1.82, 2.24) is 18.6 Å². The minimum atomic E-state index is -0.439. The van der Waals surface area contributed by atoms with Crippen molar-refractivity contribution in [2.75, 3.05) is 4.81 Å². The summed E-state index contributed by atoms with van der Waals surface area (Å²) in [5.74, 6) is 1.56. The third kappa shape index (κ3) is 6.60. The first-order valence-corrected chi connectivity index (χ1v) is 23.0. The fourth-order valence-corrected chi connectivity index (χ4v) is 10.5. The molecule has 0 spiro atoms. The van der Waals surface area contributed by atoms with Gasteiger partial charge in [-0.25, -0.2) is 0 Å². The summed E-state index contributed by atoms with van der Waals surface area (Å²) >= 11 is 2.32. The molecular formula is C58H42BN5OPt-2. The van der Waals surface area contributed by atoms with Crippen molar-refractivity contribution < 1.29 is 30.9 Å². The Morgan fingerprint density at radius 2 is 1.35 bits per heavy atom. The van der Waals surface area contributed by atoms with E-state index in [9.17, 15) is 0 Å². The van der Waals surface area contributed by atoms with E-state index in [1.54, 1.807) is 0 Å². The number of ether oxygens (including phenoxy) is 1. The van der Waals surface area contributed by atoms with Crippen molar-refractivity contribution in [3.63, 3.8) is 0 Å². The Labute approximate surface area is 402 Å². The first kappa shape index (κ1) is 34.9. The number of anilines is 2. The maximum atomic E-state index is 9.17. The average Bonchev–Trinajstić information content (AvgIpc) is 4.02. The van der Waals surface area contributed by atoms with Gasteiger partial charge in [-0.15, -0.1) is 5.39 Å². The molecule has 8 aromatic carbocycles. The van der Waals surface area contributed by atoms with Gasteiger partial charge in [-0.1, -0.05) is 48.5 Å². The van der Waals surface area contributed by atoms with E-state index in [1.165, 1.54) is 5.39 Å². The average molecular weight is 1040 g/mol. The van der Waals surface area contributed by atoms with Gasteiger partial charge in [0.1, 0.15) is 0 Å². The van der Waals surface area contributed by atoms with Gasteiger partial charge in [0.05, 0.1) is 0 Å². The Morgan fingerprint density at radius 1 is 0.652 bits per heavy atom. The van der Waals surface area contributed by atoms with E-state index in [-0.39, 0.29) is 30.0 Å². The summed E-state index contributed by atoms with van der Waals surface area (Å²) in [5.41, 5.74) is 10.7. The number of pyridine rings is 1. The summed E-state index contributed by atoms with van der Waals surface area (Å²) in [6.45, 7) is 6.30. The normalized spacial score (nSPS) is 13.6. The van der Waals surface area contributed by atoms with Crippen LogP contribution in [-0.4, -0.2) is 25.6 Å². The minimum absolute atomic E-state index is 0.123. The Kier molecular flexibility index (Phi) is 8.40. The molecule has 11 aromatic rings. The van der Waals surface area contributed by atoms with Crippen LogP contribution in [0.15, 0.2) is 200 Å². The van der Waals surface area contributed by atoms with Gasteiger partial charge in [0.25, 0.3) is 0 Å². The molecule has 0 saturated heterocycles. The molecule has 0 bridgehead atoms. The van der Waals surface area contributed by atoms with Crippen LogP contribution < -0.4 is 15.0 Å². The van der Waals surface area contributed by atoms with E-state index in [1.807, 2.05) is 97.1 Å². The zero-order chi connectivity index (χ0) is 48.9. The Morgan fingerprint density at radius 3 is 2.15 bits per heavy atom. The second-order valence-corrected chi connectivity index (χ2v) is 18.4. The van der Waals surface area contributed by atoms with Crippen molar-refractivity contribution in [2.24, 2.45) is 0 Å². The van der Waals surface area contributed by atoms with Crippen LogP contribution in [0.1, 0.15) is 33.2 Å². The van der Waals surface area contributed by atoms with E-state index in [4.69, 9.17) is 16.6 Å². The molecule has 4 heterocycles. The zero-order valence-corrected chi connectivity index (χ0v) is 38.5. The molecule has 6 nitrogen and oxygen atoms in total. The molecule has 8 heteroatoms. The van der Waals surface area contributed by atoms with Gasteiger partial charge >= 0.3 is 321 Å². The third-order valence-corrected chi connectivity index (χ3v) is 13.4. The van der Waals surface area contributed by atoms with Crippen molar-refractivity contribution in [3.05, 3.63) is 222 Å². The number of hydrogen-bond donors (Lipinski definition) is 0. The van der Waals surface area contributed by atoms with E-state index < -0.39 is 18.1 Å². The van der Waals surface area contributed by atoms with Gasteiger partial charge in [0, 0.05) is 5.52 Å². The van der Waals surface area contributed by atoms with E-state index in [0.717, 1.165) is 59.1 Å². The van der Waals surface area contributed by atoms with Crippen LogP contribution in [0.5, 0.6) is 11.6 Å². The van der Waals surface area contributed by atoms with Crippen LogP contribution in [0.3, 0.4) is 0 Å². The maximum absolute atomic E-state index is 9.17. The fourth-order valence-electron chi connectivity index (χ4n) is 9.46. The summed E-state index contributed by atoms with van der Waals surface area (Å²) in [4.78, 5) is 7.40. The van der Waals surface area contributed by atoms with Gasteiger partial charge in [0.2, 0.25) is 0 Å². The number of para-hydroxylation sites is 4. The quantitative estimate of drug-likeness (QED) is 0.112. The van der Waals surface area contributed by atoms with Crippen LogP contribution in [-0.2, 0) is 24.8 Å². The van der Waals surface area contributed by atoms with Crippen LogP contribution >= 0.6 is 0 Å². The van der Waals surface area contributed by atoms with Crippen molar-refractivity contribution in [1.29, 1.82) is 0 Å². The standard InChI is InChI=1S/C58H42BN5O.Pt/c1-58(2,3)42-22-14-21-41(37-42)47-29-16-28-46(40-19-6-4-7-20-40)56(47)62-39-61(51-32-12-13-33-52(51)62)44-25-15-26-45(38-44)65-55-36-18-35-54(60-55)63-53-34-17-30-49-48-27-10-11-31-50(48)64(57(49)53)59(63)43-23-8-5-9-24-43;/h4-33,35-37H,1-3H3;/q-2;/i4D,6D,7D,19D,20D;. The molecule has 0 N–H and O–H groups in total. The van der Waals surface area contributed by atoms with Crippen LogP contribution in [0.4, 0.5) is 11.5 Å². The monoisotopic (exact) mass is 1040 g/mol. The van der Waals surface area contributed by atoms with Crippen LogP contribution in [0, 0.1) is 15.9 Å². The SMILES string of the molecule is [2H]c1c([2H])c([2H])c(-c2cccc(-c3cccc(C(C)(C)C)c3)c2-n2[c](=[Pt])n(-c3[c-]c(Oc4cccc(N5B(c6ccccc6)n6c7ccccc7c7cc[c-]c5c76)n4)ccc3)c3ccccc32)c([2H])c1[2H]. The summed E-state index contributed by atoms with van der Waals surface area (Å²) in [5, 5.41) is 2.35. The number of aromatic nitrogens is 4. The Balaban J connectivity index is 0.991. The fraction of sp³-hybridized carbons (Fsp3) is 0.0690. The number of rotatable bonds is 8. The summed E-state index contributed by atoms with van der Waals surface area (Å²) in [7, 11) is 0. The summed E-state index contributed by atoms with van der Waals surface area (Å²) in [6.07, 6.45) is 0. The molecule has 66 heavy (non-hydrogen) atoms. The number of fused-ring (bicyclic) bond motifs is 4. The molecule has 320 valence electrons. The molecule has 0 fully saturated rings. The molecule has 0 saturated carbocycles. The summed E-state index contributed by atoms with van der Waals surface area (Å²) < 4.78 is 58.2. The molecule has 0 radical (unpaired) electrons. The molecule has 0 aliphatic carbocycles. The van der Waals surface area contributed by atoms with Crippen LogP contribution in [0.2, 0.25) is 0 Å². The number of benzene rings is 8. The van der Waals surface area contributed by atoms with Gasteiger partial charge in [-0.2, -0.15) is 12.1 Å². The summed E-state index contributed by atoms with van der Waals surface area (Å²) in [6, 6.07) is 62.3. The van der Waals surface area contributed by atoms with E-state index >= 15 is 0 Å². The Hall–Kier alpha value is -7.47. The first-order chi connectivity index (χ1) is 34.4. The molecule has 1 aliphatic rings. The first-order valence-electron chi connectivity index (χ1n) is 24.3. The molecule has 1 aliphatic heterocycles. The van der Waals surface area contributed by atoms with Gasteiger partial charge in [0.15, 0.2) is 0 Å². The van der Waals surface area contributed by atoms with Crippen molar-refractivity contribution >= 4 is 56.8 Å². The second kappa shape index (κ2) is 15.9. The van der Waals surface area contributed by atoms with Crippen molar-refractivity contribution in [3.8, 4) is 45.3 Å². The predicted molar refractivity (Wildman–Crippen MR) is 266 cm³/mol. The van der Waals surface area contributed by atoms with Crippen LogP contribution in [0.25, 0.3) is 66.5 Å². The number of nitrogens with zero attached hydrogens (tertiary/aromatic N) is 5. The third-order valence-electron chi connectivity index (χ3n) is 12.4. The number of imidazole rings is 1. The van der Waals surface area contributed by atoms with E-state index in [2.05, 4.69) is 143 Å². The molecule has 0 amide bonds. The van der Waals surface area contributed by atoms with Gasteiger partial charge in [-0.05, 0) is 11.5 Å². The molecule has 0 unspecified atom stereocenters. The zero-order valence-electron chi connectivity index (χ0n) is 41.2. The Bertz CT molecular complexity index is 4000. The van der Waals surface area contributed by atoms with Gasteiger partial charge < -0.3 is 0 Å². The number of hydrogen-bond acceptors (Lipinski definition) is 3. The molecule has 0 atom stereocenters. The molecular weight excluding hydrogens is 989 g/mol. The molecule has 3 aromatic heterocycles. The second-order valence-electron chi connectivity index (χ2n) is 17.4. The topological polar surface area (TPSA) is 40.1 Å². The van der Waals surface area contributed by atoms with Crippen molar-refractivity contribution in [2.45, 2.75) is 26.2 Å². The molecule has 12 rings (SSSR count). The predicted octanol–water partition coefficient (Wildman–Crippen LogP) is 13.4.